The van der Waals surface area contributed by atoms with E-state index in [1.807, 2.05) is 36.4 Å². The molecule has 7 nitrogen and oxygen atoms in total. The molecule has 4 rings (SSSR count). The van der Waals surface area contributed by atoms with Gasteiger partial charge in [0.2, 0.25) is 5.95 Å². The predicted octanol–water partition coefficient (Wildman–Crippen LogP) is 5.92. The summed E-state index contributed by atoms with van der Waals surface area (Å²) in [4.78, 5) is 16.6. The number of halogens is 1. The van der Waals surface area contributed by atoms with E-state index in [4.69, 9.17) is 20.8 Å². The van der Waals surface area contributed by atoms with Gasteiger partial charge in [-0.1, -0.05) is 49.7 Å². The lowest BCUT2D eigenvalue weighted by molar-refractivity contribution is 0.0991. The number of benzene rings is 2. The smallest absolute Gasteiger partial charge is 0.293 e. The summed E-state index contributed by atoms with van der Waals surface area (Å²) in [5.74, 6) is 1.73. The van der Waals surface area contributed by atoms with Gasteiger partial charge in [-0.2, -0.15) is 0 Å². The molecule has 0 saturated heterocycles. The third-order valence-electron chi connectivity index (χ3n) is 5.32. The lowest BCUT2D eigenvalue weighted by atomic mass is 9.99. The first kappa shape index (κ1) is 22.6. The van der Waals surface area contributed by atoms with Gasteiger partial charge in [0.25, 0.3) is 5.91 Å². The molecule has 1 unspecified atom stereocenters. The third-order valence-corrected chi connectivity index (χ3v) is 5.56. The SMILES string of the molecule is CCC(C)c1ccc(OCc2ccc(C(=O)Nc3ncn(Cc4cccc(Cl)c4)n3)o2)cc1. The van der Waals surface area contributed by atoms with Crippen molar-refractivity contribution in [2.75, 3.05) is 5.32 Å². The second-order valence-corrected chi connectivity index (χ2v) is 8.22. The number of aromatic nitrogens is 3. The topological polar surface area (TPSA) is 82.2 Å². The molecule has 0 radical (unpaired) electrons. The number of carbonyl (C=O) groups is 1. The molecule has 0 bridgehead atoms. The first-order valence-electron chi connectivity index (χ1n) is 10.8. The molecular formula is C25H25ClN4O3. The Kier molecular flexibility index (Phi) is 7.10. The molecule has 0 aliphatic carbocycles. The molecule has 2 heterocycles. The van der Waals surface area contributed by atoms with Crippen molar-refractivity contribution in [3.05, 3.63) is 94.7 Å². The van der Waals surface area contributed by atoms with Crippen LogP contribution in [-0.2, 0) is 13.2 Å². The Morgan fingerprint density at radius 1 is 1.18 bits per heavy atom. The van der Waals surface area contributed by atoms with Gasteiger partial charge in [-0.05, 0) is 59.9 Å². The number of furan rings is 1. The van der Waals surface area contributed by atoms with Gasteiger partial charge >= 0.3 is 0 Å². The average molecular weight is 465 g/mol. The molecular weight excluding hydrogens is 440 g/mol. The summed E-state index contributed by atoms with van der Waals surface area (Å²) in [6.07, 6.45) is 2.64. The molecule has 2 aromatic carbocycles. The highest BCUT2D eigenvalue weighted by molar-refractivity contribution is 6.30. The van der Waals surface area contributed by atoms with Crippen molar-refractivity contribution in [2.45, 2.75) is 39.3 Å². The summed E-state index contributed by atoms with van der Waals surface area (Å²) in [7, 11) is 0. The molecule has 0 saturated carbocycles. The monoisotopic (exact) mass is 464 g/mol. The number of anilines is 1. The van der Waals surface area contributed by atoms with Crippen molar-refractivity contribution < 1.29 is 13.9 Å². The van der Waals surface area contributed by atoms with Gasteiger partial charge in [0.15, 0.2) is 5.76 Å². The molecule has 0 aliphatic heterocycles. The van der Waals surface area contributed by atoms with Crippen LogP contribution in [0.5, 0.6) is 5.75 Å². The first-order valence-corrected chi connectivity index (χ1v) is 11.1. The molecule has 2 aromatic heterocycles. The molecule has 0 aliphatic rings. The number of hydrogen-bond acceptors (Lipinski definition) is 5. The van der Waals surface area contributed by atoms with Crippen LogP contribution >= 0.6 is 11.6 Å². The Balaban J connectivity index is 1.30. The fourth-order valence-electron chi connectivity index (χ4n) is 3.27. The van der Waals surface area contributed by atoms with E-state index in [1.165, 1.54) is 5.56 Å². The Hall–Kier alpha value is -3.58. The van der Waals surface area contributed by atoms with E-state index in [-0.39, 0.29) is 18.3 Å². The van der Waals surface area contributed by atoms with Crippen molar-refractivity contribution in [2.24, 2.45) is 0 Å². The molecule has 1 atom stereocenters. The summed E-state index contributed by atoms with van der Waals surface area (Å²) >= 11 is 6.01. The number of rotatable bonds is 9. The van der Waals surface area contributed by atoms with Crippen LogP contribution < -0.4 is 10.1 Å². The minimum Gasteiger partial charge on any atom is -0.486 e. The molecule has 8 heteroatoms. The Morgan fingerprint density at radius 2 is 2.00 bits per heavy atom. The molecule has 33 heavy (non-hydrogen) atoms. The summed E-state index contributed by atoms with van der Waals surface area (Å²) in [6.45, 7) is 5.08. The zero-order valence-electron chi connectivity index (χ0n) is 18.5. The van der Waals surface area contributed by atoms with Gasteiger partial charge in [0.1, 0.15) is 24.4 Å². The fraction of sp³-hybridized carbons (Fsp3) is 0.240. The van der Waals surface area contributed by atoms with Gasteiger partial charge in [-0.25, -0.2) is 9.67 Å². The number of nitrogens with one attached hydrogen (secondary N) is 1. The van der Waals surface area contributed by atoms with Crippen molar-refractivity contribution in [1.29, 1.82) is 0 Å². The lowest BCUT2D eigenvalue weighted by Gasteiger charge is -2.10. The molecule has 4 aromatic rings. The van der Waals surface area contributed by atoms with E-state index in [0.29, 0.717) is 23.2 Å². The maximum atomic E-state index is 12.5. The third kappa shape index (κ3) is 6.02. The van der Waals surface area contributed by atoms with Gasteiger partial charge < -0.3 is 9.15 Å². The lowest BCUT2D eigenvalue weighted by Crippen LogP contribution is -2.12. The highest BCUT2D eigenvalue weighted by Crippen LogP contribution is 2.22. The standard InChI is InChI=1S/C25H25ClN4O3/c1-3-17(2)19-7-9-21(10-8-19)32-15-22-11-12-23(33-22)24(31)28-25-27-16-30(29-25)14-18-5-4-6-20(26)13-18/h4-13,16-17H,3,14-15H2,1-2H3,(H,28,29,31). The highest BCUT2D eigenvalue weighted by atomic mass is 35.5. The molecule has 1 amide bonds. The molecule has 0 spiro atoms. The van der Waals surface area contributed by atoms with E-state index in [1.54, 1.807) is 23.1 Å². The van der Waals surface area contributed by atoms with E-state index >= 15 is 0 Å². The molecule has 170 valence electrons. The van der Waals surface area contributed by atoms with Gasteiger partial charge in [0.05, 0.1) is 6.54 Å². The highest BCUT2D eigenvalue weighted by Gasteiger charge is 2.14. The van der Waals surface area contributed by atoms with Gasteiger partial charge in [-0.15, -0.1) is 5.10 Å². The van der Waals surface area contributed by atoms with E-state index in [2.05, 4.69) is 41.4 Å². The van der Waals surface area contributed by atoms with Crippen LogP contribution in [0.1, 0.15) is 53.6 Å². The predicted molar refractivity (Wildman–Crippen MR) is 127 cm³/mol. The minimum absolute atomic E-state index is 0.159. The van der Waals surface area contributed by atoms with Crippen molar-refractivity contribution in [3.63, 3.8) is 0 Å². The zero-order valence-corrected chi connectivity index (χ0v) is 19.2. The Bertz CT molecular complexity index is 1220. The van der Waals surface area contributed by atoms with Crippen LogP contribution in [0, 0.1) is 0 Å². The quantitative estimate of drug-likeness (QED) is 0.332. The number of carbonyl (C=O) groups excluding carboxylic acids is 1. The Morgan fingerprint density at radius 3 is 2.76 bits per heavy atom. The maximum Gasteiger partial charge on any atom is 0.293 e. The van der Waals surface area contributed by atoms with Crippen LogP contribution in [0.4, 0.5) is 5.95 Å². The van der Waals surface area contributed by atoms with Crippen molar-refractivity contribution in [1.82, 2.24) is 14.8 Å². The first-order chi connectivity index (χ1) is 16.0. The summed E-state index contributed by atoms with van der Waals surface area (Å²) < 4.78 is 13.0. The van der Waals surface area contributed by atoms with Crippen LogP contribution in [0.15, 0.2) is 71.4 Å². The number of nitrogens with zero attached hydrogens (tertiary/aromatic N) is 3. The van der Waals surface area contributed by atoms with Crippen LogP contribution in [0.2, 0.25) is 5.02 Å². The van der Waals surface area contributed by atoms with Crippen molar-refractivity contribution >= 4 is 23.5 Å². The largest absolute Gasteiger partial charge is 0.486 e. The van der Waals surface area contributed by atoms with Crippen molar-refractivity contribution in [3.8, 4) is 5.75 Å². The summed E-state index contributed by atoms with van der Waals surface area (Å²) in [6, 6.07) is 18.8. The second kappa shape index (κ2) is 10.4. The summed E-state index contributed by atoms with van der Waals surface area (Å²) in [5, 5.41) is 7.57. The van der Waals surface area contributed by atoms with Gasteiger partial charge in [0, 0.05) is 5.02 Å². The zero-order chi connectivity index (χ0) is 23.2. The normalized spacial score (nSPS) is 11.8. The number of amides is 1. The molecule has 1 N–H and O–H groups in total. The minimum atomic E-state index is -0.431. The Labute approximate surface area is 197 Å². The number of ether oxygens (including phenoxy) is 1. The van der Waals surface area contributed by atoms with Gasteiger partial charge in [-0.3, -0.25) is 10.1 Å². The summed E-state index contributed by atoms with van der Waals surface area (Å²) in [5.41, 5.74) is 2.26. The second-order valence-electron chi connectivity index (χ2n) is 7.78. The fourth-order valence-corrected chi connectivity index (χ4v) is 3.49. The number of hydrogen-bond donors (Lipinski definition) is 1. The van der Waals surface area contributed by atoms with Crippen LogP contribution in [-0.4, -0.2) is 20.7 Å². The van der Waals surface area contributed by atoms with E-state index in [9.17, 15) is 4.79 Å². The van der Waals surface area contributed by atoms with Crippen LogP contribution in [0.25, 0.3) is 0 Å². The van der Waals surface area contributed by atoms with E-state index in [0.717, 1.165) is 17.7 Å². The van der Waals surface area contributed by atoms with Crippen LogP contribution in [0.3, 0.4) is 0 Å². The van der Waals surface area contributed by atoms with E-state index < -0.39 is 5.91 Å². The average Bonchev–Trinajstić information content (AvgIpc) is 3.47. The molecule has 0 fully saturated rings. The maximum absolute atomic E-state index is 12.5.